The first-order valence-corrected chi connectivity index (χ1v) is 6.76. The van der Waals surface area contributed by atoms with Gasteiger partial charge in [0.15, 0.2) is 12.4 Å². The fourth-order valence-electron chi connectivity index (χ4n) is 2.06. The third-order valence-electron chi connectivity index (χ3n) is 3.10. The average molecular weight is 294 g/mol. The number of hydrogen-bond donors (Lipinski definition) is 1. The number of nitrogen functional groups attached to an aromatic ring is 1. The van der Waals surface area contributed by atoms with Gasteiger partial charge in [-0.2, -0.15) is 0 Å². The summed E-state index contributed by atoms with van der Waals surface area (Å²) >= 11 is 0. The van der Waals surface area contributed by atoms with Crippen molar-refractivity contribution in [2.24, 2.45) is 0 Å². The van der Waals surface area contributed by atoms with Crippen LogP contribution in [0, 0.1) is 0 Å². The third-order valence-corrected chi connectivity index (χ3v) is 3.10. The lowest BCUT2D eigenvalue weighted by Gasteiger charge is -2.09. The number of anilines is 1. The van der Waals surface area contributed by atoms with Gasteiger partial charge >= 0.3 is 5.97 Å². The molecule has 2 aromatic carbocycles. The zero-order valence-electron chi connectivity index (χ0n) is 11.7. The summed E-state index contributed by atoms with van der Waals surface area (Å²) in [6.45, 7) is -0.206. The van der Waals surface area contributed by atoms with Crippen LogP contribution in [0.3, 0.4) is 0 Å². The SMILES string of the molecule is Nc1ccccc1OC(=O)COc1ccnc2ccccc12. The minimum atomic E-state index is -0.515. The van der Waals surface area contributed by atoms with Crippen LogP contribution in [0.5, 0.6) is 11.5 Å². The predicted octanol–water partition coefficient (Wildman–Crippen LogP) is 2.80. The van der Waals surface area contributed by atoms with Gasteiger partial charge in [0.25, 0.3) is 0 Å². The number of pyridine rings is 1. The second kappa shape index (κ2) is 6.13. The third kappa shape index (κ3) is 2.98. The zero-order valence-corrected chi connectivity index (χ0v) is 11.7. The van der Waals surface area contributed by atoms with Crippen LogP contribution in [0.1, 0.15) is 0 Å². The molecule has 2 N–H and O–H groups in total. The molecule has 1 heterocycles. The number of carbonyl (C=O) groups is 1. The fourth-order valence-corrected chi connectivity index (χ4v) is 2.06. The molecule has 0 bridgehead atoms. The molecule has 3 rings (SSSR count). The topological polar surface area (TPSA) is 74.4 Å². The van der Waals surface area contributed by atoms with Crippen molar-refractivity contribution in [3.8, 4) is 11.5 Å². The highest BCUT2D eigenvalue weighted by molar-refractivity contribution is 5.85. The lowest BCUT2D eigenvalue weighted by Crippen LogP contribution is -2.18. The maximum Gasteiger partial charge on any atom is 0.349 e. The summed E-state index contributed by atoms with van der Waals surface area (Å²) < 4.78 is 10.7. The van der Waals surface area contributed by atoms with Gasteiger partial charge in [0, 0.05) is 11.6 Å². The molecule has 0 unspecified atom stereocenters. The monoisotopic (exact) mass is 294 g/mol. The quantitative estimate of drug-likeness (QED) is 0.455. The number of benzene rings is 2. The first kappa shape index (κ1) is 13.9. The van der Waals surface area contributed by atoms with E-state index >= 15 is 0 Å². The predicted molar refractivity (Wildman–Crippen MR) is 83.7 cm³/mol. The largest absolute Gasteiger partial charge is 0.481 e. The Morgan fingerprint density at radius 1 is 1.00 bits per heavy atom. The summed E-state index contributed by atoms with van der Waals surface area (Å²) in [7, 11) is 0. The Balaban J connectivity index is 1.69. The minimum absolute atomic E-state index is 0.206. The number of ether oxygens (including phenoxy) is 2. The summed E-state index contributed by atoms with van der Waals surface area (Å²) in [5, 5.41) is 0.844. The second-order valence-electron chi connectivity index (χ2n) is 4.63. The van der Waals surface area contributed by atoms with Gasteiger partial charge in [0.1, 0.15) is 5.75 Å². The Labute approximate surface area is 127 Å². The second-order valence-corrected chi connectivity index (χ2v) is 4.63. The van der Waals surface area contributed by atoms with Crippen LogP contribution in [0.15, 0.2) is 60.8 Å². The van der Waals surface area contributed by atoms with E-state index in [0.717, 1.165) is 10.9 Å². The molecule has 5 heteroatoms. The Morgan fingerprint density at radius 3 is 2.64 bits per heavy atom. The Bertz CT molecular complexity index is 812. The lowest BCUT2D eigenvalue weighted by atomic mass is 10.2. The standard InChI is InChI=1S/C17H14N2O3/c18-13-6-2-4-8-16(13)22-17(20)11-21-15-9-10-19-14-7-3-1-5-12(14)15/h1-10H,11,18H2. The molecular formula is C17H14N2O3. The van der Waals surface area contributed by atoms with E-state index in [1.54, 1.807) is 36.5 Å². The number of nitrogens with two attached hydrogens (primary N) is 1. The van der Waals surface area contributed by atoms with Gasteiger partial charge in [-0.3, -0.25) is 4.98 Å². The smallest absolute Gasteiger partial charge is 0.349 e. The molecule has 0 aliphatic rings. The lowest BCUT2D eigenvalue weighted by molar-refractivity contribution is -0.136. The number of fused-ring (bicyclic) bond motifs is 1. The maximum absolute atomic E-state index is 11.9. The van der Waals surface area contributed by atoms with Gasteiger partial charge in [-0.05, 0) is 30.3 Å². The zero-order chi connectivity index (χ0) is 15.4. The molecule has 0 aliphatic carbocycles. The van der Waals surface area contributed by atoms with E-state index in [-0.39, 0.29) is 6.61 Å². The van der Waals surface area contributed by atoms with Gasteiger partial charge in [0.05, 0.1) is 11.2 Å². The Morgan fingerprint density at radius 2 is 1.77 bits per heavy atom. The van der Waals surface area contributed by atoms with E-state index < -0.39 is 5.97 Å². The number of hydrogen-bond acceptors (Lipinski definition) is 5. The molecule has 0 saturated carbocycles. The molecule has 0 aliphatic heterocycles. The van der Waals surface area contributed by atoms with E-state index in [9.17, 15) is 4.79 Å². The molecule has 0 saturated heterocycles. The van der Waals surface area contributed by atoms with Crippen LogP contribution in [0.25, 0.3) is 10.9 Å². The van der Waals surface area contributed by atoms with Gasteiger partial charge in [-0.15, -0.1) is 0 Å². The number of esters is 1. The summed E-state index contributed by atoms with van der Waals surface area (Å²) in [5.74, 6) is 0.401. The van der Waals surface area contributed by atoms with Crippen LogP contribution in [0.4, 0.5) is 5.69 Å². The van der Waals surface area contributed by atoms with Crippen molar-refractivity contribution >= 4 is 22.6 Å². The highest BCUT2D eigenvalue weighted by Crippen LogP contribution is 2.24. The van der Waals surface area contributed by atoms with Crippen molar-refractivity contribution in [1.82, 2.24) is 4.98 Å². The molecule has 0 radical (unpaired) electrons. The molecule has 0 spiro atoms. The summed E-state index contributed by atoms with van der Waals surface area (Å²) in [6.07, 6.45) is 1.64. The molecule has 0 atom stereocenters. The van der Waals surface area contributed by atoms with E-state index in [4.69, 9.17) is 15.2 Å². The fraction of sp³-hybridized carbons (Fsp3) is 0.0588. The Kier molecular flexibility index (Phi) is 3.87. The van der Waals surface area contributed by atoms with Crippen molar-refractivity contribution in [3.05, 3.63) is 60.8 Å². The summed E-state index contributed by atoms with van der Waals surface area (Å²) in [4.78, 5) is 16.1. The normalized spacial score (nSPS) is 10.4. The van der Waals surface area contributed by atoms with Gasteiger partial charge in [0.2, 0.25) is 0 Å². The number of para-hydroxylation sites is 3. The van der Waals surface area contributed by atoms with Crippen LogP contribution in [0.2, 0.25) is 0 Å². The van der Waals surface area contributed by atoms with Crippen LogP contribution in [-0.4, -0.2) is 17.6 Å². The van der Waals surface area contributed by atoms with Crippen LogP contribution >= 0.6 is 0 Å². The molecule has 110 valence electrons. The maximum atomic E-state index is 11.9. The highest BCUT2D eigenvalue weighted by Gasteiger charge is 2.10. The van der Waals surface area contributed by atoms with E-state index in [1.165, 1.54) is 0 Å². The number of nitrogens with zero attached hydrogens (tertiary/aromatic N) is 1. The van der Waals surface area contributed by atoms with E-state index in [1.807, 2.05) is 24.3 Å². The first-order chi connectivity index (χ1) is 10.7. The summed E-state index contributed by atoms with van der Waals surface area (Å²) in [6, 6.07) is 16.1. The van der Waals surface area contributed by atoms with Crippen LogP contribution in [-0.2, 0) is 4.79 Å². The first-order valence-electron chi connectivity index (χ1n) is 6.76. The van der Waals surface area contributed by atoms with Crippen molar-refractivity contribution in [2.75, 3.05) is 12.3 Å². The molecular weight excluding hydrogens is 280 g/mol. The van der Waals surface area contributed by atoms with Crippen molar-refractivity contribution in [1.29, 1.82) is 0 Å². The van der Waals surface area contributed by atoms with Gasteiger partial charge < -0.3 is 15.2 Å². The molecule has 5 nitrogen and oxygen atoms in total. The van der Waals surface area contributed by atoms with Crippen molar-refractivity contribution in [2.45, 2.75) is 0 Å². The average Bonchev–Trinajstić information content (AvgIpc) is 2.55. The number of carbonyl (C=O) groups excluding carboxylic acids is 1. The van der Waals surface area contributed by atoms with Crippen molar-refractivity contribution in [3.63, 3.8) is 0 Å². The molecule has 0 fully saturated rings. The van der Waals surface area contributed by atoms with Gasteiger partial charge in [-0.25, -0.2) is 4.79 Å². The van der Waals surface area contributed by atoms with Crippen LogP contribution < -0.4 is 15.2 Å². The van der Waals surface area contributed by atoms with E-state index in [0.29, 0.717) is 17.2 Å². The number of aromatic nitrogens is 1. The molecule has 3 aromatic rings. The summed E-state index contributed by atoms with van der Waals surface area (Å²) in [5.41, 5.74) is 6.94. The Hall–Kier alpha value is -3.08. The van der Waals surface area contributed by atoms with Gasteiger partial charge in [-0.1, -0.05) is 24.3 Å². The number of rotatable bonds is 4. The molecule has 1 aromatic heterocycles. The highest BCUT2D eigenvalue weighted by atomic mass is 16.6. The minimum Gasteiger partial charge on any atom is -0.481 e. The van der Waals surface area contributed by atoms with E-state index in [2.05, 4.69) is 4.98 Å². The van der Waals surface area contributed by atoms with Crippen molar-refractivity contribution < 1.29 is 14.3 Å². The molecule has 0 amide bonds. The molecule has 22 heavy (non-hydrogen) atoms.